The van der Waals surface area contributed by atoms with Crippen molar-refractivity contribution in [3.8, 4) is 0 Å². The van der Waals surface area contributed by atoms with E-state index >= 15 is 0 Å². The lowest BCUT2D eigenvalue weighted by Gasteiger charge is -2.14. The second-order valence-corrected chi connectivity index (χ2v) is 4.91. The van der Waals surface area contributed by atoms with Crippen LogP contribution >= 0.6 is 0 Å². The molecule has 0 aliphatic carbocycles. The Morgan fingerprint density at radius 2 is 1.90 bits per heavy atom. The molecule has 0 heterocycles. The van der Waals surface area contributed by atoms with Gasteiger partial charge in [-0.15, -0.1) is 0 Å². The van der Waals surface area contributed by atoms with Crippen molar-refractivity contribution in [1.82, 2.24) is 0 Å². The molecule has 0 radical (unpaired) electrons. The molecule has 0 aliphatic rings. The van der Waals surface area contributed by atoms with E-state index in [4.69, 9.17) is 0 Å². The molecule has 20 heavy (non-hydrogen) atoms. The first-order chi connectivity index (χ1) is 9.51. The summed E-state index contributed by atoms with van der Waals surface area (Å²) in [4.78, 5) is 0. The van der Waals surface area contributed by atoms with Crippen LogP contribution < -0.4 is 0 Å². The molecular weight excluding hydrogens is 247 g/mol. The fraction of sp³-hybridized carbons (Fsp3) is 0.263. The highest BCUT2D eigenvalue weighted by Gasteiger charge is 2.10. The lowest BCUT2D eigenvalue weighted by atomic mass is 9.91. The molecule has 1 rings (SSSR count). The maximum Gasteiger partial charge on any atom is 0.126 e. The molecule has 0 saturated heterocycles. The number of benzene rings is 1. The number of hydrogen-bond donors (Lipinski definition) is 0. The van der Waals surface area contributed by atoms with Crippen LogP contribution in [0.1, 0.15) is 37.5 Å². The number of allylic oxidation sites excluding steroid dienone is 6. The van der Waals surface area contributed by atoms with E-state index in [2.05, 4.69) is 26.1 Å². The van der Waals surface area contributed by atoms with Crippen molar-refractivity contribution in [3.63, 3.8) is 0 Å². The van der Waals surface area contributed by atoms with Crippen molar-refractivity contribution >= 4 is 5.57 Å². The molecule has 1 aromatic rings. The van der Waals surface area contributed by atoms with E-state index in [1.807, 2.05) is 26.0 Å². The Balaban J connectivity index is 3.10. The van der Waals surface area contributed by atoms with Gasteiger partial charge in [0.1, 0.15) is 5.83 Å². The maximum absolute atomic E-state index is 13.9. The molecule has 0 nitrogen and oxygen atoms in total. The first-order valence-corrected chi connectivity index (χ1v) is 6.94. The summed E-state index contributed by atoms with van der Waals surface area (Å²) in [6, 6.07) is 6.14. The van der Waals surface area contributed by atoms with Gasteiger partial charge in [-0.1, -0.05) is 56.0 Å². The summed E-state index contributed by atoms with van der Waals surface area (Å²) in [5, 5.41) is 0. The van der Waals surface area contributed by atoms with Crippen LogP contribution in [-0.2, 0) is 12.8 Å². The lowest BCUT2D eigenvalue weighted by molar-refractivity contribution is 0.646. The molecule has 1 heteroatoms. The van der Waals surface area contributed by atoms with Crippen molar-refractivity contribution in [1.29, 1.82) is 0 Å². The normalized spacial score (nSPS) is 11.9. The standard InChI is InChI=1S/C19H23F/c1-6-8-12-18(20)15(5)13-17-11-9-10-16(7-2)19(17)14(3)4/h6,8-12H,3,5,7,13H2,1-2,4H3/b8-6-,18-12+. The first-order valence-electron chi connectivity index (χ1n) is 6.94. The zero-order valence-corrected chi connectivity index (χ0v) is 12.7. The SMILES string of the molecule is C=C(Cc1cccc(CC)c1C(=C)C)/C(F)=C\C=C/C. The Morgan fingerprint density at radius 3 is 2.45 bits per heavy atom. The number of aryl methyl sites for hydroxylation is 1. The van der Waals surface area contributed by atoms with Crippen LogP contribution in [0.4, 0.5) is 4.39 Å². The van der Waals surface area contributed by atoms with Gasteiger partial charge >= 0.3 is 0 Å². The van der Waals surface area contributed by atoms with E-state index in [-0.39, 0.29) is 5.83 Å². The third-order valence-corrected chi connectivity index (χ3v) is 3.22. The highest BCUT2D eigenvalue weighted by molar-refractivity contribution is 5.68. The minimum atomic E-state index is -0.266. The van der Waals surface area contributed by atoms with Crippen LogP contribution in [0, 0.1) is 0 Å². The second kappa shape index (κ2) is 7.64. The topological polar surface area (TPSA) is 0 Å². The third-order valence-electron chi connectivity index (χ3n) is 3.22. The van der Waals surface area contributed by atoms with E-state index in [0.717, 1.165) is 23.1 Å². The van der Waals surface area contributed by atoms with Crippen molar-refractivity contribution in [2.24, 2.45) is 0 Å². The van der Waals surface area contributed by atoms with Crippen molar-refractivity contribution in [2.75, 3.05) is 0 Å². The Labute approximate surface area is 122 Å². The van der Waals surface area contributed by atoms with Gasteiger partial charge in [0, 0.05) is 6.42 Å². The number of rotatable bonds is 6. The van der Waals surface area contributed by atoms with Crippen LogP contribution in [-0.4, -0.2) is 0 Å². The minimum absolute atomic E-state index is 0.266. The minimum Gasteiger partial charge on any atom is -0.207 e. The van der Waals surface area contributed by atoms with Gasteiger partial charge < -0.3 is 0 Å². The molecular formula is C19H23F. The summed E-state index contributed by atoms with van der Waals surface area (Å²) in [6.07, 6.45) is 6.38. The Bertz CT molecular complexity index is 559. The Morgan fingerprint density at radius 1 is 1.25 bits per heavy atom. The summed E-state index contributed by atoms with van der Waals surface area (Å²) in [5.41, 5.74) is 5.00. The van der Waals surface area contributed by atoms with Crippen molar-refractivity contribution < 1.29 is 4.39 Å². The maximum atomic E-state index is 13.9. The van der Waals surface area contributed by atoms with Crippen LogP contribution in [0.15, 0.2) is 61.0 Å². The molecule has 0 fully saturated rings. The average molecular weight is 270 g/mol. The average Bonchev–Trinajstić information content (AvgIpc) is 2.43. The predicted molar refractivity (Wildman–Crippen MR) is 87.4 cm³/mol. The van der Waals surface area contributed by atoms with Gasteiger partial charge in [-0.25, -0.2) is 4.39 Å². The summed E-state index contributed by atoms with van der Waals surface area (Å²) in [5.74, 6) is -0.266. The van der Waals surface area contributed by atoms with Gasteiger partial charge in [0.05, 0.1) is 0 Å². The largest absolute Gasteiger partial charge is 0.207 e. The molecule has 0 N–H and O–H groups in total. The summed E-state index contributed by atoms with van der Waals surface area (Å²) in [7, 11) is 0. The van der Waals surface area contributed by atoms with Crippen LogP contribution in [0.2, 0.25) is 0 Å². The van der Waals surface area contributed by atoms with Crippen molar-refractivity contribution in [2.45, 2.75) is 33.6 Å². The molecule has 106 valence electrons. The van der Waals surface area contributed by atoms with Crippen LogP contribution in [0.3, 0.4) is 0 Å². The van der Waals surface area contributed by atoms with E-state index in [0.29, 0.717) is 12.0 Å². The molecule has 0 amide bonds. The third kappa shape index (κ3) is 4.06. The molecule has 0 spiro atoms. The van der Waals surface area contributed by atoms with E-state index < -0.39 is 0 Å². The van der Waals surface area contributed by atoms with Gasteiger partial charge in [0.2, 0.25) is 0 Å². The van der Waals surface area contributed by atoms with E-state index in [9.17, 15) is 4.39 Å². The van der Waals surface area contributed by atoms with E-state index in [1.165, 1.54) is 11.6 Å². The molecule has 0 saturated carbocycles. The molecule has 1 aromatic carbocycles. The van der Waals surface area contributed by atoms with Gasteiger partial charge in [0.15, 0.2) is 0 Å². The van der Waals surface area contributed by atoms with Crippen molar-refractivity contribution in [3.05, 3.63) is 77.7 Å². The first kappa shape index (κ1) is 16.2. The molecule has 0 bridgehead atoms. The smallest absolute Gasteiger partial charge is 0.126 e. The van der Waals surface area contributed by atoms with E-state index in [1.54, 1.807) is 12.2 Å². The molecule has 0 unspecified atom stereocenters. The fourth-order valence-electron chi connectivity index (χ4n) is 2.26. The highest BCUT2D eigenvalue weighted by atomic mass is 19.1. The zero-order valence-electron chi connectivity index (χ0n) is 12.7. The summed E-state index contributed by atoms with van der Waals surface area (Å²) >= 11 is 0. The van der Waals surface area contributed by atoms with Gasteiger partial charge in [-0.3, -0.25) is 0 Å². The summed E-state index contributed by atoms with van der Waals surface area (Å²) < 4.78 is 13.9. The number of halogens is 1. The van der Waals surface area contributed by atoms with Gasteiger partial charge in [0.25, 0.3) is 0 Å². The monoisotopic (exact) mass is 270 g/mol. The van der Waals surface area contributed by atoms with Gasteiger partial charge in [-0.2, -0.15) is 0 Å². The molecule has 0 aliphatic heterocycles. The van der Waals surface area contributed by atoms with Crippen LogP contribution in [0.25, 0.3) is 5.57 Å². The Hall–Kier alpha value is -1.89. The highest BCUT2D eigenvalue weighted by Crippen LogP contribution is 2.26. The zero-order chi connectivity index (χ0) is 15.1. The molecule has 0 aromatic heterocycles. The quantitative estimate of drug-likeness (QED) is 0.572. The predicted octanol–water partition coefficient (Wildman–Crippen LogP) is 5.81. The lowest BCUT2D eigenvalue weighted by Crippen LogP contribution is -1.99. The Kier molecular flexibility index (Phi) is 6.17. The number of hydrogen-bond acceptors (Lipinski definition) is 0. The molecule has 0 atom stereocenters. The second-order valence-electron chi connectivity index (χ2n) is 4.91. The van der Waals surface area contributed by atoms with Gasteiger partial charge in [-0.05, 0) is 48.6 Å². The fourth-order valence-corrected chi connectivity index (χ4v) is 2.26. The summed E-state index contributed by atoms with van der Waals surface area (Å²) in [6.45, 7) is 13.9. The van der Waals surface area contributed by atoms with Crippen LogP contribution in [0.5, 0.6) is 0 Å².